The van der Waals surface area contributed by atoms with Crippen molar-refractivity contribution in [1.29, 1.82) is 0 Å². The Labute approximate surface area is 153 Å². The molecule has 0 aromatic rings. The number of rotatable bonds is 4. The Bertz CT molecular complexity index is 655. The van der Waals surface area contributed by atoms with Crippen molar-refractivity contribution in [1.82, 2.24) is 15.1 Å². The molecule has 0 aromatic heterocycles. The summed E-state index contributed by atoms with van der Waals surface area (Å²) in [6, 6.07) is 0. The smallest absolute Gasteiger partial charge is 0.230 e. The third-order valence-corrected chi connectivity index (χ3v) is 6.31. The molecule has 142 valence electrons. The van der Waals surface area contributed by atoms with Gasteiger partial charge in [-0.1, -0.05) is 19.1 Å². The first-order valence-electron chi connectivity index (χ1n) is 9.60. The van der Waals surface area contributed by atoms with E-state index in [0.717, 1.165) is 25.9 Å². The SMILES string of the molecule is CC(=O)NCCN1C[C@]23C=C[C@H](O2)[C@@H](C(=O)N2CCC(C)CC2)[C@@H]3C1=O. The number of likely N-dealkylation sites (tertiary alicyclic amines) is 2. The molecule has 4 rings (SSSR count). The van der Waals surface area contributed by atoms with Gasteiger partial charge in [0.15, 0.2) is 0 Å². The summed E-state index contributed by atoms with van der Waals surface area (Å²) in [5.41, 5.74) is -0.665. The topological polar surface area (TPSA) is 79.0 Å². The largest absolute Gasteiger partial charge is 0.360 e. The van der Waals surface area contributed by atoms with Crippen LogP contribution in [0.3, 0.4) is 0 Å². The Morgan fingerprint density at radius 3 is 2.77 bits per heavy atom. The van der Waals surface area contributed by atoms with Crippen LogP contribution in [0, 0.1) is 17.8 Å². The molecule has 4 heterocycles. The van der Waals surface area contributed by atoms with Crippen LogP contribution in [0.25, 0.3) is 0 Å². The van der Waals surface area contributed by atoms with Crippen LogP contribution in [0.1, 0.15) is 26.7 Å². The summed E-state index contributed by atoms with van der Waals surface area (Å²) < 4.78 is 6.15. The molecule has 1 N–H and O–H groups in total. The van der Waals surface area contributed by atoms with Gasteiger partial charge in [0.05, 0.1) is 24.5 Å². The van der Waals surface area contributed by atoms with Gasteiger partial charge in [-0.15, -0.1) is 0 Å². The minimum absolute atomic E-state index is 0.0223. The summed E-state index contributed by atoms with van der Waals surface area (Å²) in [7, 11) is 0. The molecule has 0 unspecified atom stereocenters. The van der Waals surface area contributed by atoms with Crippen LogP contribution in [0.5, 0.6) is 0 Å². The van der Waals surface area contributed by atoms with Crippen LogP contribution in [-0.2, 0) is 19.1 Å². The van der Waals surface area contributed by atoms with Crippen molar-refractivity contribution < 1.29 is 19.1 Å². The zero-order chi connectivity index (χ0) is 18.5. The van der Waals surface area contributed by atoms with Gasteiger partial charge in [-0.25, -0.2) is 0 Å². The normalized spacial score (nSPS) is 35.9. The van der Waals surface area contributed by atoms with E-state index in [9.17, 15) is 14.4 Å². The second kappa shape index (κ2) is 6.37. The first-order chi connectivity index (χ1) is 12.4. The van der Waals surface area contributed by atoms with Crippen LogP contribution in [0.15, 0.2) is 12.2 Å². The number of carbonyl (C=O) groups excluding carboxylic acids is 3. The lowest BCUT2D eigenvalue weighted by molar-refractivity contribution is -0.144. The molecule has 7 heteroatoms. The first kappa shape index (κ1) is 17.5. The number of carbonyl (C=O) groups is 3. The van der Waals surface area contributed by atoms with E-state index in [2.05, 4.69) is 12.2 Å². The monoisotopic (exact) mass is 361 g/mol. The van der Waals surface area contributed by atoms with Crippen molar-refractivity contribution in [2.75, 3.05) is 32.7 Å². The van der Waals surface area contributed by atoms with Crippen molar-refractivity contribution in [3.63, 3.8) is 0 Å². The lowest BCUT2D eigenvalue weighted by Crippen LogP contribution is -2.48. The molecule has 0 radical (unpaired) electrons. The molecule has 4 aliphatic rings. The molecule has 7 nitrogen and oxygen atoms in total. The molecule has 4 aliphatic heterocycles. The van der Waals surface area contributed by atoms with Gasteiger partial charge in [-0.2, -0.15) is 0 Å². The van der Waals surface area contributed by atoms with Crippen molar-refractivity contribution in [3.05, 3.63) is 12.2 Å². The van der Waals surface area contributed by atoms with Crippen LogP contribution in [0.4, 0.5) is 0 Å². The summed E-state index contributed by atoms with van der Waals surface area (Å²) in [6.07, 6.45) is 5.68. The van der Waals surface area contributed by atoms with E-state index < -0.39 is 17.4 Å². The third kappa shape index (κ3) is 2.73. The first-order valence-corrected chi connectivity index (χ1v) is 9.60. The second-order valence-corrected chi connectivity index (χ2v) is 8.15. The number of hydrogen-bond acceptors (Lipinski definition) is 4. The van der Waals surface area contributed by atoms with E-state index in [1.165, 1.54) is 6.92 Å². The zero-order valence-electron chi connectivity index (χ0n) is 15.4. The van der Waals surface area contributed by atoms with Crippen molar-refractivity contribution >= 4 is 17.7 Å². The Kier molecular flexibility index (Phi) is 4.29. The fraction of sp³-hybridized carbons (Fsp3) is 0.737. The van der Waals surface area contributed by atoms with Crippen molar-refractivity contribution in [3.8, 4) is 0 Å². The number of hydrogen-bond donors (Lipinski definition) is 1. The van der Waals surface area contributed by atoms with Gasteiger partial charge < -0.3 is 19.9 Å². The van der Waals surface area contributed by atoms with E-state index in [-0.39, 0.29) is 23.8 Å². The highest BCUT2D eigenvalue weighted by atomic mass is 16.5. The van der Waals surface area contributed by atoms with E-state index in [4.69, 9.17) is 4.74 Å². The molecule has 1 spiro atoms. The predicted molar refractivity (Wildman–Crippen MR) is 94.0 cm³/mol. The molecule has 4 atom stereocenters. The van der Waals surface area contributed by atoms with Crippen molar-refractivity contribution in [2.24, 2.45) is 17.8 Å². The van der Waals surface area contributed by atoms with E-state index in [1.807, 2.05) is 17.1 Å². The van der Waals surface area contributed by atoms with Crippen LogP contribution in [0.2, 0.25) is 0 Å². The molecule has 3 fully saturated rings. The number of nitrogens with one attached hydrogen (secondary N) is 1. The van der Waals surface area contributed by atoms with Gasteiger partial charge in [-0.05, 0) is 18.8 Å². The minimum Gasteiger partial charge on any atom is -0.360 e. The van der Waals surface area contributed by atoms with Gasteiger partial charge >= 0.3 is 0 Å². The van der Waals surface area contributed by atoms with Gasteiger partial charge in [0, 0.05) is 33.1 Å². The van der Waals surface area contributed by atoms with Gasteiger partial charge in [-0.3, -0.25) is 14.4 Å². The summed E-state index contributed by atoms with van der Waals surface area (Å²) in [5, 5.41) is 2.72. The highest BCUT2D eigenvalue weighted by Gasteiger charge is 2.67. The third-order valence-electron chi connectivity index (χ3n) is 6.31. The molecule has 0 aliphatic carbocycles. The molecule has 0 aromatic carbocycles. The molecule has 26 heavy (non-hydrogen) atoms. The average molecular weight is 361 g/mol. The highest BCUT2D eigenvalue weighted by molar-refractivity contribution is 5.93. The number of amides is 3. The quantitative estimate of drug-likeness (QED) is 0.724. The Morgan fingerprint density at radius 2 is 2.08 bits per heavy atom. The standard InChI is InChI=1S/C19H27N3O4/c1-12-4-8-21(9-5-12)17(24)15-14-3-6-19(26-14)11-22(18(25)16(15)19)10-7-20-13(2)23/h3,6,12,14-16H,4-5,7-11H2,1-2H3,(H,20,23)/t14-,15+,16+,19-/m0/s1. The molecule has 2 bridgehead atoms. The number of ether oxygens (including phenoxy) is 1. The summed E-state index contributed by atoms with van der Waals surface area (Å²) in [4.78, 5) is 40.9. The van der Waals surface area contributed by atoms with Gasteiger partial charge in [0.2, 0.25) is 17.7 Å². The predicted octanol–water partition coefficient (Wildman–Crippen LogP) is 0.163. The molecule has 3 saturated heterocycles. The molecule has 3 amide bonds. The van der Waals surface area contributed by atoms with Gasteiger partial charge in [0.25, 0.3) is 0 Å². The summed E-state index contributed by atoms with van der Waals surface area (Å²) in [5.74, 6) is -0.257. The van der Waals surface area contributed by atoms with Crippen molar-refractivity contribution in [2.45, 2.75) is 38.4 Å². The molecule has 0 saturated carbocycles. The molecular formula is C19H27N3O4. The Balaban J connectivity index is 1.48. The molecular weight excluding hydrogens is 334 g/mol. The second-order valence-electron chi connectivity index (χ2n) is 8.15. The van der Waals surface area contributed by atoms with E-state index in [1.54, 1.807) is 4.90 Å². The maximum Gasteiger partial charge on any atom is 0.230 e. The summed E-state index contributed by atoms with van der Waals surface area (Å²) >= 11 is 0. The van der Waals surface area contributed by atoms with Crippen LogP contribution < -0.4 is 5.32 Å². The van der Waals surface area contributed by atoms with Crippen LogP contribution >= 0.6 is 0 Å². The maximum absolute atomic E-state index is 13.2. The van der Waals surface area contributed by atoms with E-state index in [0.29, 0.717) is 25.6 Å². The van der Waals surface area contributed by atoms with Gasteiger partial charge in [0.1, 0.15) is 5.60 Å². The lowest BCUT2D eigenvalue weighted by atomic mass is 9.76. The Morgan fingerprint density at radius 1 is 1.35 bits per heavy atom. The van der Waals surface area contributed by atoms with E-state index >= 15 is 0 Å². The summed E-state index contributed by atoms with van der Waals surface area (Å²) in [6.45, 7) is 6.54. The Hall–Kier alpha value is -1.89. The number of nitrogens with zero attached hydrogens (tertiary/aromatic N) is 2. The fourth-order valence-electron chi connectivity index (χ4n) is 4.86. The highest BCUT2D eigenvalue weighted by Crippen LogP contribution is 2.52. The number of fused-ring (bicyclic) bond motifs is 1. The maximum atomic E-state index is 13.2. The number of piperidine rings is 1. The zero-order valence-corrected chi connectivity index (χ0v) is 15.4. The average Bonchev–Trinajstić information content (AvgIpc) is 3.23. The minimum atomic E-state index is -0.665. The lowest BCUT2D eigenvalue weighted by Gasteiger charge is -2.34. The fourth-order valence-corrected chi connectivity index (χ4v) is 4.86. The van der Waals surface area contributed by atoms with Crippen LogP contribution in [-0.4, -0.2) is 72.0 Å².